The minimum Gasteiger partial charge on any atom is -0.349 e. The Kier molecular flexibility index (Phi) is 6.49. The van der Waals surface area contributed by atoms with Crippen LogP contribution in [0.2, 0.25) is 5.02 Å². The fourth-order valence-corrected chi connectivity index (χ4v) is 3.04. The molecule has 27 heavy (non-hydrogen) atoms. The second kappa shape index (κ2) is 9.24. The number of benzene rings is 2. The number of hydrogen-bond donors (Lipinski definition) is 1. The van der Waals surface area contributed by atoms with Crippen LogP contribution in [0.25, 0.3) is 0 Å². The Morgan fingerprint density at radius 3 is 2.56 bits per heavy atom. The molecule has 0 aliphatic heterocycles. The molecule has 0 bridgehead atoms. The Labute approximate surface area is 165 Å². The van der Waals surface area contributed by atoms with E-state index in [-0.39, 0.29) is 0 Å². The van der Waals surface area contributed by atoms with E-state index in [0.29, 0.717) is 6.54 Å². The quantitative estimate of drug-likeness (QED) is 0.522. The molecule has 3 rings (SSSR count). The maximum Gasteiger partial charge on any atom is 0.194 e. The predicted octanol–water partition coefficient (Wildman–Crippen LogP) is 3.79. The van der Waals surface area contributed by atoms with E-state index in [0.717, 1.165) is 29.9 Å². The fraction of sp³-hybridized carbons (Fsp3) is 0.238. The average molecular weight is 382 g/mol. The monoisotopic (exact) mass is 381 g/mol. The Bertz CT molecular complexity index is 871. The van der Waals surface area contributed by atoms with Crippen LogP contribution in [0.3, 0.4) is 0 Å². The van der Waals surface area contributed by atoms with Crippen LogP contribution in [0, 0.1) is 0 Å². The molecule has 2 aromatic carbocycles. The standard InChI is InChI=1S/C21H24ClN5/c1-23-21(26(2)15-18-8-10-19(22)11-9-18)25-14-20-24-12-13-27(20)16-17-6-4-3-5-7-17/h3-13H,14-16H2,1-2H3,(H,23,25). The summed E-state index contributed by atoms with van der Waals surface area (Å²) in [5.41, 5.74) is 2.43. The lowest BCUT2D eigenvalue weighted by Crippen LogP contribution is -2.38. The van der Waals surface area contributed by atoms with Crippen molar-refractivity contribution in [1.82, 2.24) is 19.8 Å². The Hall–Kier alpha value is -2.79. The second-order valence-corrected chi connectivity index (χ2v) is 6.78. The van der Waals surface area contributed by atoms with Crippen molar-refractivity contribution < 1.29 is 0 Å². The largest absolute Gasteiger partial charge is 0.349 e. The summed E-state index contributed by atoms with van der Waals surface area (Å²) in [4.78, 5) is 10.9. The van der Waals surface area contributed by atoms with Crippen LogP contribution in [-0.4, -0.2) is 34.5 Å². The van der Waals surface area contributed by atoms with Gasteiger partial charge in [-0.3, -0.25) is 4.99 Å². The van der Waals surface area contributed by atoms with Gasteiger partial charge in [-0.25, -0.2) is 4.98 Å². The van der Waals surface area contributed by atoms with Crippen molar-refractivity contribution in [3.8, 4) is 0 Å². The number of aromatic nitrogens is 2. The first-order chi connectivity index (χ1) is 13.2. The second-order valence-electron chi connectivity index (χ2n) is 6.34. The lowest BCUT2D eigenvalue weighted by molar-refractivity contribution is 0.474. The van der Waals surface area contributed by atoms with Gasteiger partial charge in [0.25, 0.3) is 0 Å². The van der Waals surface area contributed by atoms with Crippen LogP contribution in [0.1, 0.15) is 17.0 Å². The average Bonchev–Trinajstić information content (AvgIpc) is 3.12. The van der Waals surface area contributed by atoms with Crippen molar-refractivity contribution >= 4 is 17.6 Å². The predicted molar refractivity (Wildman–Crippen MR) is 111 cm³/mol. The lowest BCUT2D eigenvalue weighted by Gasteiger charge is -2.22. The number of halogens is 1. The van der Waals surface area contributed by atoms with Crippen molar-refractivity contribution in [2.75, 3.05) is 14.1 Å². The molecule has 1 aromatic heterocycles. The molecule has 0 aliphatic carbocycles. The maximum absolute atomic E-state index is 5.96. The van der Waals surface area contributed by atoms with Gasteiger partial charge in [-0.15, -0.1) is 0 Å². The summed E-state index contributed by atoms with van der Waals surface area (Å²) in [5, 5.41) is 4.14. The summed E-state index contributed by atoms with van der Waals surface area (Å²) < 4.78 is 2.15. The molecule has 0 radical (unpaired) electrons. The molecule has 0 atom stereocenters. The first-order valence-corrected chi connectivity index (χ1v) is 9.23. The van der Waals surface area contributed by atoms with Crippen LogP contribution < -0.4 is 5.32 Å². The van der Waals surface area contributed by atoms with E-state index >= 15 is 0 Å². The minimum atomic E-state index is 0.609. The molecule has 0 fully saturated rings. The van der Waals surface area contributed by atoms with E-state index in [2.05, 4.69) is 49.0 Å². The van der Waals surface area contributed by atoms with Crippen LogP contribution >= 0.6 is 11.6 Å². The van der Waals surface area contributed by atoms with Crippen molar-refractivity contribution in [3.05, 3.63) is 89.0 Å². The molecular weight excluding hydrogens is 358 g/mol. The fourth-order valence-electron chi connectivity index (χ4n) is 2.91. The molecule has 0 aliphatic rings. The van der Waals surface area contributed by atoms with E-state index in [4.69, 9.17) is 11.6 Å². The van der Waals surface area contributed by atoms with Crippen LogP contribution in [0.5, 0.6) is 0 Å². The Morgan fingerprint density at radius 1 is 1.11 bits per heavy atom. The summed E-state index contributed by atoms with van der Waals surface area (Å²) in [6.45, 7) is 2.16. The number of aliphatic imine (C=N–C) groups is 1. The van der Waals surface area contributed by atoms with Crippen molar-refractivity contribution in [1.29, 1.82) is 0 Å². The van der Waals surface area contributed by atoms with Crippen molar-refractivity contribution in [2.45, 2.75) is 19.6 Å². The molecule has 0 saturated carbocycles. The van der Waals surface area contributed by atoms with Crippen molar-refractivity contribution in [2.24, 2.45) is 4.99 Å². The van der Waals surface area contributed by atoms with E-state index in [1.54, 1.807) is 7.05 Å². The molecule has 0 unspecified atom stereocenters. The van der Waals surface area contributed by atoms with E-state index in [9.17, 15) is 0 Å². The molecule has 140 valence electrons. The third-order valence-electron chi connectivity index (χ3n) is 4.31. The van der Waals surface area contributed by atoms with Gasteiger partial charge in [0.15, 0.2) is 5.96 Å². The van der Waals surface area contributed by atoms with Crippen LogP contribution in [-0.2, 0) is 19.6 Å². The Morgan fingerprint density at radius 2 is 1.85 bits per heavy atom. The van der Waals surface area contributed by atoms with Gasteiger partial charge in [0.05, 0.1) is 6.54 Å². The summed E-state index contributed by atoms with van der Waals surface area (Å²) >= 11 is 5.96. The number of rotatable bonds is 6. The molecule has 3 aromatic rings. The molecule has 6 heteroatoms. The zero-order chi connectivity index (χ0) is 19.1. The highest BCUT2D eigenvalue weighted by Gasteiger charge is 2.09. The molecule has 0 saturated heterocycles. The number of imidazole rings is 1. The zero-order valence-corrected chi connectivity index (χ0v) is 16.4. The molecule has 5 nitrogen and oxygen atoms in total. The summed E-state index contributed by atoms with van der Waals surface area (Å²) in [7, 11) is 3.80. The topological polar surface area (TPSA) is 45.5 Å². The van der Waals surface area contributed by atoms with Gasteiger partial charge in [0.2, 0.25) is 0 Å². The van der Waals surface area contributed by atoms with Gasteiger partial charge in [-0.05, 0) is 23.3 Å². The zero-order valence-electron chi connectivity index (χ0n) is 15.6. The van der Waals surface area contributed by atoms with Gasteiger partial charge >= 0.3 is 0 Å². The maximum atomic E-state index is 5.96. The molecule has 0 spiro atoms. The number of guanidine groups is 1. The summed E-state index contributed by atoms with van der Waals surface area (Å²) in [6, 6.07) is 18.2. The van der Waals surface area contributed by atoms with Crippen LogP contribution in [0.15, 0.2) is 72.0 Å². The highest BCUT2D eigenvalue weighted by atomic mass is 35.5. The third-order valence-corrected chi connectivity index (χ3v) is 4.56. The smallest absolute Gasteiger partial charge is 0.194 e. The molecule has 1 N–H and O–H groups in total. The molecule has 0 amide bonds. The number of nitrogens with one attached hydrogen (secondary N) is 1. The third kappa shape index (κ3) is 5.34. The normalized spacial score (nSPS) is 11.4. The Balaban J connectivity index is 1.60. The number of nitrogens with zero attached hydrogens (tertiary/aromatic N) is 4. The van der Waals surface area contributed by atoms with Crippen LogP contribution in [0.4, 0.5) is 0 Å². The SMILES string of the molecule is CN=C(NCc1nccn1Cc1ccccc1)N(C)Cc1ccc(Cl)cc1. The first kappa shape index (κ1) is 19.0. The molecule has 1 heterocycles. The van der Waals surface area contributed by atoms with E-state index < -0.39 is 0 Å². The first-order valence-electron chi connectivity index (χ1n) is 8.86. The van der Waals surface area contributed by atoms with Gasteiger partial charge in [0, 0.05) is 44.6 Å². The van der Waals surface area contributed by atoms with Gasteiger partial charge in [-0.1, -0.05) is 54.1 Å². The van der Waals surface area contributed by atoms with Gasteiger partial charge in [0.1, 0.15) is 5.82 Å². The van der Waals surface area contributed by atoms with Gasteiger partial charge < -0.3 is 14.8 Å². The number of hydrogen-bond acceptors (Lipinski definition) is 2. The molecular formula is C21H24ClN5. The highest BCUT2D eigenvalue weighted by Crippen LogP contribution is 2.11. The van der Waals surface area contributed by atoms with Gasteiger partial charge in [-0.2, -0.15) is 0 Å². The summed E-state index contributed by atoms with van der Waals surface area (Å²) in [5.74, 6) is 1.79. The van der Waals surface area contributed by atoms with E-state index in [1.807, 2.05) is 49.8 Å². The highest BCUT2D eigenvalue weighted by molar-refractivity contribution is 6.30. The van der Waals surface area contributed by atoms with E-state index in [1.165, 1.54) is 11.1 Å². The van der Waals surface area contributed by atoms with Crippen molar-refractivity contribution in [3.63, 3.8) is 0 Å². The lowest BCUT2D eigenvalue weighted by atomic mass is 10.2. The minimum absolute atomic E-state index is 0.609. The summed E-state index contributed by atoms with van der Waals surface area (Å²) in [6.07, 6.45) is 3.84.